The summed E-state index contributed by atoms with van der Waals surface area (Å²) in [7, 11) is 1.71. The van der Waals surface area contributed by atoms with E-state index in [2.05, 4.69) is 60.4 Å². The molecule has 0 saturated carbocycles. The van der Waals surface area contributed by atoms with Crippen LogP contribution < -0.4 is 9.64 Å². The highest BCUT2D eigenvalue weighted by molar-refractivity contribution is 5.85. The molecule has 0 aliphatic carbocycles. The number of para-hydroxylation sites is 1. The Hall–Kier alpha value is -2.30. The zero-order valence-electron chi connectivity index (χ0n) is 14.8. The van der Waals surface area contributed by atoms with Crippen molar-refractivity contribution in [3.8, 4) is 5.75 Å². The molecular weight excluding hydrogens is 312 g/mol. The number of hydrogen-bond acceptors (Lipinski definition) is 2. The van der Waals surface area contributed by atoms with Crippen molar-refractivity contribution >= 4 is 10.9 Å². The van der Waals surface area contributed by atoms with Crippen molar-refractivity contribution in [1.29, 1.82) is 0 Å². The van der Waals surface area contributed by atoms with Crippen LogP contribution in [0.15, 0.2) is 48.5 Å². The predicted molar refractivity (Wildman–Crippen MR) is 99.4 cm³/mol. The lowest BCUT2D eigenvalue weighted by molar-refractivity contribution is -0.933. The smallest absolute Gasteiger partial charge is 0.141 e. The summed E-state index contributed by atoms with van der Waals surface area (Å²) in [5.41, 5.74) is 5.19. The molecule has 1 unspecified atom stereocenters. The van der Waals surface area contributed by atoms with Gasteiger partial charge in [-0.2, -0.15) is 0 Å². The van der Waals surface area contributed by atoms with E-state index in [1.54, 1.807) is 12.0 Å². The van der Waals surface area contributed by atoms with Crippen LogP contribution in [0.2, 0.25) is 0 Å². The number of fused-ring (bicyclic) bond motifs is 1. The topological polar surface area (TPSA) is 38.7 Å². The number of rotatable bonds is 4. The van der Waals surface area contributed by atoms with Gasteiger partial charge in [-0.05, 0) is 37.3 Å². The fourth-order valence-corrected chi connectivity index (χ4v) is 4.00. The fourth-order valence-electron chi connectivity index (χ4n) is 4.00. The second kappa shape index (κ2) is 6.90. The Balaban J connectivity index is 1.85. The van der Waals surface area contributed by atoms with Crippen LogP contribution in [0.25, 0.3) is 10.9 Å². The number of aryl methyl sites for hydroxylation is 1. The van der Waals surface area contributed by atoms with Crippen molar-refractivity contribution < 1.29 is 14.4 Å². The van der Waals surface area contributed by atoms with E-state index in [1.807, 2.05) is 0 Å². The van der Waals surface area contributed by atoms with Crippen LogP contribution in [0.5, 0.6) is 5.75 Å². The lowest BCUT2D eigenvalue weighted by Crippen LogP contribution is -3.14. The molecule has 2 N–H and O–H groups in total. The Morgan fingerprint density at radius 1 is 1.04 bits per heavy atom. The van der Waals surface area contributed by atoms with E-state index in [0.29, 0.717) is 6.04 Å². The Kier molecular flexibility index (Phi) is 4.47. The zero-order chi connectivity index (χ0) is 17.2. The minimum Gasteiger partial charge on any atom is -0.497 e. The summed E-state index contributed by atoms with van der Waals surface area (Å²) in [6.07, 6.45) is 0. The Morgan fingerprint density at radius 2 is 1.76 bits per heavy atom. The largest absolute Gasteiger partial charge is 0.497 e. The van der Waals surface area contributed by atoms with Crippen molar-refractivity contribution in [3.63, 3.8) is 0 Å². The average molecular weight is 337 g/mol. The first-order valence-electron chi connectivity index (χ1n) is 8.91. The maximum Gasteiger partial charge on any atom is 0.141 e. The van der Waals surface area contributed by atoms with Crippen molar-refractivity contribution in [2.75, 3.05) is 33.4 Å². The van der Waals surface area contributed by atoms with E-state index in [9.17, 15) is 0 Å². The van der Waals surface area contributed by atoms with Crippen LogP contribution >= 0.6 is 0 Å². The molecule has 2 aromatic carbocycles. The van der Waals surface area contributed by atoms with Gasteiger partial charge in [0.25, 0.3) is 0 Å². The highest BCUT2D eigenvalue weighted by Crippen LogP contribution is 2.31. The molecule has 0 radical (unpaired) electrons. The van der Waals surface area contributed by atoms with Gasteiger partial charge in [0.05, 0.1) is 20.3 Å². The Bertz CT molecular complexity index is 848. The monoisotopic (exact) mass is 337 g/mol. The van der Waals surface area contributed by atoms with Gasteiger partial charge in [0.2, 0.25) is 0 Å². The van der Waals surface area contributed by atoms with Crippen molar-refractivity contribution in [2.45, 2.75) is 13.0 Å². The van der Waals surface area contributed by atoms with Gasteiger partial charge in [0.15, 0.2) is 0 Å². The molecule has 4 nitrogen and oxygen atoms in total. The number of aromatic nitrogens is 1. The molecule has 1 aromatic heterocycles. The highest BCUT2D eigenvalue weighted by atomic mass is 16.5. The standard InChI is InChI=1S/C21H24N2O2/c1-15-20(18-5-3-4-6-19(18)22-15)21(23-11-13-25-14-12-23)16-7-9-17(24-2)10-8-16/h3-10,21-22H,11-14H2,1-2H3/p+1. The number of methoxy groups -OCH3 is 1. The van der Waals surface area contributed by atoms with E-state index >= 15 is 0 Å². The molecule has 0 spiro atoms. The number of quaternary nitrogens is 1. The molecule has 0 bridgehead atoms. The summed E-state index contributed by atoms with van der Waals surface area (Å²) in [4.78, 5) is 5.13. The van der Waals surface area contributed by atoms with E-state index < -0.39 is 0 Å². The summed E-state index contributed by atoms with van der Waals surface area (Å²) < 4.78 is 11.0. The molecule has 25 heavy (non-hydrogen) atoms. The molecule has 3 aromatic rings. The minimum absolute atomic E-state index is 0.297. The summed E-state index contributed by atoms with van der Waals surface area (Å²) >= 11 is 0. The van der Waals surface area contributed by atoms with Crippen LogP contribution in [0.3, 0.4) is 0 Å². The third-order valence-corrected chi connectivity index (χ3v) is 5.22. The van der Waals surface area contributed by atoms with Crippen LogP contribution in [0.1, 0.15) is 22.9 Å². The number of hydrogen-bond donors (Lipinski definition) is 2. The molecule has 1 saturated heterocycles. The average Bonchev–Trinajstić information content (AvgIpc) is 3.00. The van der Waals surface area contributed by atoms with Gasteiger partial charge < -0.3 is 19.4 Å². The number of aromatic amines is 1. The first-order chi connectivity index (χ1) is 12.3. The van der Waals surface area contributed by atoms with Crippen molar-refractivity contribution in [1.82, 2.24) is 4.98 Å². The predicted octanol–water partition coefficient (Wildman–Crippen LogP) is 2.49. The number of benzene rings is 2. The minimum atomic E-state index is 0.297. The van der Waals surface area contributed by atoms with Crippen LogP contribution in [-0.4, -0.2) is 38.4 Å². The van der Waals surface area contributed by atoms with Gasteiger partial charge >= 0.3 is 0 Å². The van der Waals surface area contributed by atoms with Gasteiger partial charge in [0.1, 0.15) is 24.9 Å². The SMILES string of the molecule is COc1ccc(C(c2c(C)[nH]c3ccccc23)[NH+]2CCOCC2)cc1. The second-order valence-electron chi connectivity index (χ2n) is 6.69. The van der Waals surface area contributed by atoms with E-state index in [-0.39, 0.29) is 0 Å². The molecule has 1 aliphatic heterocycles. The molecule has 1 aliphatic rings. The van der Waals surface area contributed by atoms with Gasteiger partial charge in [-0.25, -0.2) is 0 Å². The fraction of sp³-hybridized carbons (Fsp3) is 0.333. The molecule has 1 atom stereocenters. The molecule has 4 rings (SSSR count). The number of morpholine rings is 1. The second-order valence-corrected chi connectivity index (χ2v) is 6.69. The zero-order valence-corrected chi connectivity index (χ0v) is 14.8. The van der Waals surface area contributed by atoms with Crippen LogP contribution in [0.4, 0.5) is 0 Å². The van der Waals surface area contributed by atoms with Gasteiger partial charge in [-0.15, -0.1) is 0 Å². The van der Waals surface area contributed by atoms with Gasteiger partial charge in [-0.3, -0.25) is 0 Å². The highest BCUT2D eigenvalue weighted by Gasteiger charge is 2.31. The van der Waals surface area contributed by atoms with Crippen LogP contribution in [-0.2, 0) is 4.74 Å². The lowest BCUT2D eigenvalue weighted by atomic mass is 9.94. The molecule has 0 amide bonds. The van der Waals surface area contributed by atoms with Gasteiger partial charge in [-0.1, -0.05) is 18.2 Å². The van der Waals surface area contributed by atoms with Crippen molar-refractivity contribution in [2.24, 2.45) is 0 Å². The van der Waals surface area contributed by atoms with Crippen LogP contribution in [0, 0.1) is 6.92 Å². The van der Waals surface area contributed by atoms with E-state index in [1.165, 1.54) is 27.7 Å². The normalized spacial score (nSPS) is 16.9. The van der Waals surface area contributed by atoms with E-state index in [0.717, 1.165) is 32.1 Å². The third-order valence-electron chi connectivity index (χ3n) is 5.22. The maximum absolute atomic E-state index is 5.61. The summed E-state index contributed by atoms with van der Waals surface area (Å²) in [5, 5.41) is 1.32. The lowest BCUT2D eigenvalue weighted by Gasteiger charge is -2.32. The quantitative estimate of drug-likeness (QED) is 0.768. The van der Waals surface area contributed by atoms with Crippen molar-refractivity contribution in [3.05, 3.63) is 65.4 Å². The van der Waals surface area contributed by atoms with Gasteiger partial charge in [0, 0.05) is 27.7 Å². The maximum atomic E-state index is 5.61. The molecule has 130 valence electrons. The molecular formula is C21H25N2O2+. The molecule has 2 heterocycles. The summed E-state index contributed by atoms with van der Waals surface area (Å²) in [5.74, 6) is 0.898. The molecule has 1 fully saturated rings. The first kappa shape index (κ1) is 16.2. The summed E-state index contributed by atoms with van der Waals surface area (Å²) in [6.45, 7) is 5.88. The number of H-pyrrole nitrogens is 1. The first-order valence-corrected chi connectivity index (χ1v) is 8.91. The molecule has 4 heteroatoms. The third kappa shape index (κ3) is 3.03. The number of nitrogens with one attached hydrogen (secondary N) is 2. The van der Waals surface area contributed by atoms with E-state index in [4.69, 9.17) is 9.47 Å². The number of ether oxygens (including phenoxy) is 2. The summed E-state index contributed by atoms with van der Waals surface area (Å²) in [6, 6.07) is 17.4. The Morgan fingerprint density at radius 3 is 2.48 bits per heavy atom. The Labute approximate surface area is 148 Å².